The summed E-state index contributed by atoms with van der Waals surface area (Å²) < 4.78 is 0. The average molecular weight is 356 g/mol. The Bertz CT molecular complexity index is 853. The van der Waals surface area contributed by atoms with Crippen molar-refractivity contribution < 1.29 is 4.79 Å². The van der Waals surface area contributed by atoms with Crippen LogP contribution < -0.4 is 10.2 Å². The average Bonchev–Trinajstić information content (AvgIpc) is 3.13. The van der Waals surface area contributed by atoms with Crippen LogP contribution >= 0.6 is 0 Å². The Morgan fingerprint density at radius 1 is 0.852 bits per heavy atom. The van der Waals surface area contributed by atoms with Gasteiger partial charge in [0.25, 0.3) is 0 Å². The molecular formula is C24H24N2O. The third-order valence-corrected chi connectivity index (χ3v) is 5.19. The van der Waals surface area contributed by atoms with Crippen LogP contribution in [0.5, 0.6) is 0 Å². The molecular weight excluding hydrogens is 332 g/mol. The van der Waals surface area contributed by atoms with Crippen molar-refractivity contribution in [3.05, 3.63) is 102 Å². The second-order valence-electron chi connectivity index (χ2n) is 6.91. The van der Waals surface area contributed by atoms with Gasteiger partial charge >= 0.3 is 0 Å². The van der Waals surface area contributed by atoms with E-state index in [1.165, 1.54) is 11.3 Å². The lowest BCUT2D eigenvalue weighted by molar-refractivity contribution is -0.121. The van der Waals surface area contributed by atoms with Crippen molar-refractivity contribution >= 4 is 11.6 Å². The number of para-hydroxylation sites is 1. The van der Waals surface area contributed by atoms with Gasteiger partial charge in [0.2, 0.25) is 5.91 Å². The Balaban J connectivity index is 1.44. The van der Waals surface area contributed by atoms with Crippen molar-refractivity contribution in [2.45, 2.75) is 12.3 Å². The van der Waals surface area contributed by atoms with E-state index in [-0.39, 0.29) is 11.8 Å². The predicted molar refractivity (Wildman–Crippen MR) is 110 cm³/mol. The lowest BCUT2D eigenvalue weighted by Crippen LogP contribution is -2.37. The molecule has 1 heterocycles. The Kier molecular flexibility index (Phi) is 5.20. The van der Waals surface area contributed by atoms with E-state index in [1.54, 1.807) is 0 Å². The third kappa shape index (κ3) is 3.87. The molecule has 0 fully saturated rings. The molecule has 0 aromatic heterocycles. The highest BCUT2D eigenvalue weighted by atomic mass is 16.1. The van der Waals surface area contributed by atoms with E-state index in [2.05, 4.69) is 34.5 Å². The molecule has 4 rings (SSSR count). The summed E-state index contributed by atoms with van der Waals surface area (Å²) in [5, 5.41) is 3.16. The van der Waals surface area contributed by atoms with E-state index in [0.29, 0.717) is 6.54 Å². The second-order valence-corrected chi connectivity index (χ2v) is 6.91. The predicted octanol–water partition coefficient (Wildman–Crippen LogP) is 4.00. The molecule has 0 atom stereocenters. The zero-order valence-corrected chi connectivity index (χ0v) is 15.3. The van der Waals surface area contributed by atoms with E-state index in [4.69, 9.17) is 0 Å². The summed E-state index contributed by atoms with van der Waals surface area (Å²) in [7, 11) is 0. The van der Waals surface area contributed by atoms with Gasteiger partial charge in [0.15, 0.2) is 0 Å². The summed E-state index contributed by atoms with van der Waals surface area (Å²) in [4.78, 5) is 15.4. The molecule has 1 N–H and O–H groups in total. The summed E-state index contributed by atoms with van der Waals surface area (Å²) in [5.41, 5.74) is 4.74. The Hall–Kier alpha value is -3.07. The van der Waals surface area contributed by atoms with Crippen molar-refractivity contribution in [3.63, 3.8) is 0 Å². The van der Waals surface area contributed by atoms with Gasteiger partial charge in [-0.1, -0.05) is 78.9 Å². The number of fused-ring (bicyclic) bond motifs is 1. The summed E-state index contributed by atoms with van der Waals surface area (Å²) in [6.45, 7) is 2.50. The Labute approximate surface area is 160 Å². The number of hydrogen-bond acceptors (Lipinski definition) is 2. The van der Waals surface area contributed by atoms with E-state index in [0.717, 1.165) is 30.6 Å². The Morgan fingerprint density at radius 2 is 1.44 bits per heavy atom. The molecule has 3 nitrogen and oxygen atoms in total. The van der Waals surface area contributed by atoms with Crippen LogP contribution in [0.3, 0.4) is 0 Å². The van der Waals surface area contributed by atoms with Gasteiger partial charge < -0.3 is 10.2 Å². The highest BCUT2D eigenvalue weighted by Crippen LogP contribution is 2.27. The van der Waals surface area contributed by atoms with Crippen molar-refractivity contribution in [1.29, 1.82) is 0 Å². The van der Waals surface area contributed by atoms with Crippen LogP contribution in [0.1, 0.15) is 22.6 Å². The third-order valence-electron chi connectivity index (χ3n) is 5.19. The fraction of sp³-hybridized carbons (Fsp3) is 0.208. The number of hydrogen-bond donors (Lipinski definition) is 1. The van der Waals surface area contributed by atoms with Crippen LogP contribution in [-0.2, 0) is 11.2 Å². The molecule has 1 aliphatic rings. The minimum Gasteiger partial charge on any atom is -0.369 e. The minimum absolute atomic E-state index is 0.0554. The fourth-order valence-corrected chi connectivity index (χ4v) is 3.84. The Morgan fingerprint density at radius 3 is 2.11 bits per heavy atom. The molecule has 3 heteroatoms. The highest BCUT2D eigenvalue weighted by molar-refractivity contribution is 5.87. The number of anilines is 1. The normalized spacial score (nSPS) is 12.9. The largest absolute Gasteiger partial charge is 0.369 e. The van der Waals surface area contributed by atoms with E-state index >= 15 is 0 Å². The smallest absolute Gasteiger partial charge is 0.232 e. The molecule has 27 heavy (non-hydrogen) atoms. The first-order chi connectivity index (χ1) is 13.3. The number of carbonyl (C=O) groups is 1. The SMILES string of the molecule is O=C(NCCN1CCc2ccccc21)C(c1ccccc1)c1ccccc1. The standard InChI is InChI=1S/C24H24N2O/c27-24(25-16-18-26-17-15-19-9-7-8-14-22(19)26)23(20-10-3-1-4-11-20)21-12-5-2-6-13-21/h1-14,23H,15-18H2,(H,25,27). The van der Waals surface area contributed by atoms with Crippen LogP contribution in [-0.4, -0.2) is 25.5 Å². The van der Waals surface area contributed by atoms with Gasteiger partial charge in [-0.25, -0.2) is 0 Å². The maximum absolute atomic E-state index is 13.0. The molecule has 0 spiro atoms. The van der Waals surface area contributed by atoms with Gasteiger partial charge in [0.1, 0.15) is 0 Å². The minimum atomic E-state index is -0.279. The topological polar surface area (TPSA) is 32.3 Å². The quantitative estimate of drug-likeness (QED) is 0.724. The van der Waals surface area contributed by atoms with Crippen molar-refractivity contribution in [2.24, 2.45) is 0 Å². The van der Waals surface area contributed by atoms with Crippen molar-refractivity contribution in [1.82, 2.24) is 5.32 Å². The number of nitrogens with zero attached hydrogens (tertiary/aromatic N) is 1. The molecule has 0 saturated carbocycles. The van der Waals surface area contributed by atoms with E-state index in [1.807, 2.05) is 60.7 Å². The number of nitrogens with one attached hydrogen (secondary N) is 1. The number of rotatable bonds is 6. The van der Waals surface area contributed by atoms with Gasteiger partial charge in [-0.2, -0.15) is 0 Å². The maximum Gasteiger partial charge on any atom is 0.232 e. The molecule has 0 bridgehead atoms. The molecule has 3 aromatic carbocycles. The van der Waals surface area contributed by atoms with Gasteiger partial charge in [-0.15, -0.1) is 0 Å². The van der Waals surface area contributed by atoms with Crippen LogP contribution in [0.2, 0.25) is 0 Å². The lowest BCUT2D eigenvalue weighted by atomic mass is 9.90. The first-order valence-corrected chi connectivity index (χ1v) is 9.53. The maximum atomic E-state index is 13.0. The van der Waals surface area contributed by atoms with E-state index < -0.39 is 0 Å². The first-order valence-electron chi connectivity index (χ1n) is 9.53. The number of amides is 1. The van der Waals surface area contributed by atoms with Crippen LogP contribution in [0.4, 0.5) is 5.69 Å². The molecule has 0 aliphatic carbocycles. The van der Waals surface area contributed by atoms with E-state index in [9.17, 15) is 4.79 Å². The van der Waals surface area contributed by atoms with Crippen molar-refractivity contribution in [2.75, 3.05) is 24.5 Å². The highest BCUT2D eigenvalue weighted by Gasteiger charge is 2.23. The molecule has 3 aromatic rings. The monoisotopic (exact) mass is 356 g/mol. The van der Waals surface area contributed by atoms with Gasteiger partial charge in [0, 0.05) is 25.3 Å². The first kappa shape index (κ1) is 17.3. The summed E-state index contributed by atoms with van der Waals surface area (Å²) in [6, 6.07) is 28.5. The lowest BCUT2D eigenvalue weighted by Gasteiger charge is -2.22. The zero-order valence-electron chi connectivity index (χ0n) is 15.3. The molecule has 1 amide bonds. The van der Waals surface area contributed by atoms with Crippen molar-refractivity contribution in [3.8, 4) is 0 Å². The zero-order chi connectivity index (χ0) is 18.5. The van der Waals surface area contributed by atoms with Gasteiger partial charge in [-0.3, -0.25) is 4.79 Å². The molecule has 0 saturated heterocycles. The summed E-state index contributed by atoms with van der Waals surface area (Å²) >= 11 is 0. The molecule has 0 radical (unpaired) electrons. The molecule has 0 unspecified atom stereocenters. The molecule has 1 aliphatic heterocycles. The van der Waals surface area contributed by atoms with Crippen LogP contribution in [0.25, 0.3) is 0 Å². The molecule has 136 valence electrons. The fourth-order valence-electron chi connectivity index (χ4n) is 3.84. The van der Waals surface area contributed by atoms with Gasteiger partial charge in [0.05, 0.1) is 5.92 Å². The van der Waals surface area contributed by atoms with Crippen LogP contribution in [0, 0.1) is 0 Å². The summed E-state index contributed by atoms with van der Waals surface area (Å²) in [6.07, 6.45) is 1.08. The number of carbonyl (C=O) groups excluding carboxylic acids is 1. The van der Waals surface area contributed by atoms with Gasteiger partial charge in [-0.05, 0) is 29.2 Å². The number of benzene rings is 3. The summed E-state index contributed by atoms with van der Waals surface area (Å²) in [5.74, 6) is -0.224. The van der Waals surface area contributed by atoms with Crippen LogP contribution in [0.15, 0.2) is 84.9 Å². The second kappa shape index (κ2) is 8.09.